The number of rotatable bonds is 1. The molecule has 0 radical (unpaired) electrons. The third-order valence-corrected chi connectivity index (χ3v) is 2.54. The van der Waals surface area contributed by atoms with Crippen LogP contribution < -0.4 is 4.74 Å². The Morgan fingerprint density at radius 1 is 1.60 bits per heavy atom. The van der Waals surface area contributed by atoms with E-state index in [1.807, 2.05) is 16.8 Å². The third kappa shape index (κ3) is 1.03. The molecule has 0 amide bonds. The predicted octanol–water partition coefficient (Wildman–Crippen LogP) is 1.13. The lowest BCUT2D eigenvalue weighted by Crippen LogP contribution is -2.16. The fourth-order valence-corrected chi connectivity index (χ4v) is 1.86. The van der Waals surface area contributed by atoms with Crippen LogP contribution in [0.25, 0.3) is 11.0 Å². The van der Waals surface area contributed by atoms with E-state index in [0.29, 0.717) is 12.4 Å². The lowest BCUT2D eigenvalue weighted by molar-refractivity contribution is 0.0691. The monoisotopic (exact) mass is 204 g/mol. The van der Waals surface area contributed by atoms with Gasteiger partial charge in [-0.1, -0.05) is 0 Å². The van der Waals surface area contributed by atoms with Crippen LogP contribution in [0.1, 0.15) is 10.4 Å². The van der Waals surface area contributed by atoms with Gasteiger partial charge in [-0.3, -0.25) is 4.98 Å². The molecule has 1 aliphatic rings. The molecule has 3 heterocycles. The number of carboxylic acids is 1. The molecule has 0 fully saturated rings. The fourth-order valence-electron chi connectivity index (χ4n) is 1.86. The second-order valence-corrected chi connectivity index (χ2v) is 3.40. The predicted molar refractivity (Wildman–Crippen MR) is 52.2 cm³/mol. The number of aromatic carboxylic acids is 1. The van der Waals surface area contributed by atoms with Crippen LogP contribution in [0.3, 0.4) is 0 Å². The van der Waals surface area contributed by atoms with Gasteiger partial charge in [-0.05, 0) is 6.07 Å². The van der Waals surface area contributed by atoms with E-state index in [4.69, 9.17) is 9.84 Å². The van der Waals surface area contributed by atoms with Gasteiger partial charge in [0, 0.05) is 12.4 Å². The van der Waals surface area contributed by atoms with Gasteiger partial charge in [-0.15, -0.1) is 0 Å². The largest absolute Gasteiger partial charge is 0.488 e. The zero-order valence-corrected chi connectivity index (χ0v) is 7.80. The van der Waals surface area contributed by atoms with E-state index < -0.39 is 5.97 Å². The molecule has 0 atom stereocenters. The van der Waals surface area contributed by atoms with Gasteiger partial charge in [-0.2, -0.15) is 0 Å². The number of ether oxygens (including phenoxy) is 1. The first kappa shape index (κ1) is 8.28. The smallest absolute Gasteiger partial charge is 0.341 e. The summed E-state index contributed by atoms with van der Waals surface area (Å²) in [6.07, 6.45) is 3.24. The maximum Gasteiger partial charge on any atom is 0.341 e. The summed E-state index contributed by atoms with van der Waals surface area (Å²) >= 11 is 0. The Bertz CT molecular complexity index is 559. The van der Waals surface area contributed by atoms with Crippen LogP contribution in [0.15, 0.2) is 18.5 Å². The molecule has 0 saturated heterocycles. The third-order valence-electron chi connectivity index (χ3n) is 2.54. The molecule has 1 N–H and O–H groups in total. The topological polar surface area (TPSA) is 64.3 Å². The fraction of sp³-hybridized carbons (Fsp3) is 0.200. The van der Waals surface area contributed by atoms with Gasteiger partial charge >= 0.3 is 5.97 Å². The first-order valence-corrected chi connectivity index (χ1v) is 4.61. The molecule has 0 aliphatic carbocycles. The summed E-state index contributed by atoms with van der Waals surface area (Å²) in [5.41, 5.74) is 1.68. The van der Waals surface area contributed by atoms with Crippen molar-refractivity contribution in [3.8, 4) is 5.75 Å². The molecule has 2 aromatic rings. The molecular weight excluding hydrogens is 196 g/mol. The molecule has 76 valence electrons. The number of hydrogen-bond acceptors (Lipinski definition) is 3. The van der Waals surface area contributed by atoms with Crippen LogP contribution in [0.2, 0.25) is 0 Å². The van der Waals surface area contributed by atoms with E-state index in [9.17, 15) is 4.79 Å². The van der Waals surface area contributed by atoms with Gasteiger partial charge in [0.25, 0.3) is 0 Å². The highest BCUT2D eigenvalue weighted by Crippen LogP contribution is 2.31. The van der Waals surface area contributed by atoms with Crippen LogP contribution in [0.4, 0.5) is 0 Å². The van der Waals surface area contributed by atoms with Crippen molar-refractivity contribution in [2.24, 2.45) is 0 Å². The van der Waals surface area contributed by atoms with Gasteiger partial charge in [0.05, 0.1) is 12.1 Å². The van der Waals surface area contributed by atoms with Crippen molar-refractivity contribution in [3.63, 3.8) is 0 Å². The maximum atomic E-state index is 11.0. The van der Waals surface area contributed by atoms with Crippen LogP contribution in [0, 0.1) is 0 Å². The minimum absolute atomic E-state index is 0.127. The summed E-state index contributed by atoms with van der Waals surface area (Å²) in [6.45, 7) is 1.24. The highest BCUT2D eigenvalue weighted by molar-refractivity contribution is 5.97. The highest BCUT2D eigenvalue weighted by atomic mass is 16.5. The van der Waals surface area contributed by atoms with Crippen molar-refractivity contribution >= 4 is 17.0 Å². The zero-order valence-electron chi connectivity index (χ0n) is 7.80. The Labute approximate surface area is 84.9 Å². The van der Waals surface area contributed by atoms with Crippen LogP contribution in [-0.4, -0.2) is 27.2 Å². The first-order chi connectivity index (χ1) is 7.27. The Morgan fingerprint density at radius 3 is 3.27 bits per heavy atom. The van der Waals surface area contributed by atoms with E-state index in [2.05, 4.69) is 4.98 Å². The molecule has 0 unspecified atom stereocenters. The summed E-state index contributed by atoms with van der Waals surface area (Å²) < 4.78 is 7.37. The number of carboxylic acid groups (broad SMARTS) is 1. The van der Waals surface area contributed by atoms with E-state index in [-0.39, 0.29) is 5.56 Å². The second-order valence-electron chi connectivity index (χ2n) is 3.40. The van der Waals surface area contributed by atoms with Crippen molar-refractivity contribution < 1.29 is 14.6 Å². The molecule has 5 nitrogen and oxygen atoms in total. The zero-order chi connectivity index (χ0) is 10.4. The van der Waals surface area contributed by atoms with Gasteiger partial charge < -0.3 is 14.4 Å². The Morgan fingerprint density at radius 2 is 2.47 bits per heavy atom. The molecule has 2 aromatic heterocycles. The summed E-state index contributed by atoms with van der Waals surface area (Å²) in [4.78, 5) is 15.0. The van der Waals surface area contributed by atoms with Crippen molar-refractivity contribution in [1.82, 2.24) is 9.55 Å². The number of aromatic nitrogens is 2. The molecule has 3 rings (SSSR count). The lowest BCUT2D eigenvalue weighted by atomic mass is 10.2. The molecule has 15 heavy (non-hydrogen) atoms. The van der Waals surface area contributed by atoms with Gasteiger partial charge in [0.1, 0.15) is 17.7 Å². The summed E-state index contributed by atoms with van der Waals surface area (Å²) in [7, 11) is 0. The molecular formula is C10H8N2O3. The van der Waals surface area contributed by atoms with Crippen molar-refractivity contribution in [1.29, 1.82) is 0 Å². The maximum absolute atomic E-state index is 11.0. The molecule has 0 spiro atoms. The molecule has 5 heteroatoms. The van der Waals surface area contributed by atoms with Gasteiger partial charge in [-0.25, -0.2) is 4.79 Å². The van der Waals surface area contributed by atoms with Crippen molar-refractivity contribution in [3.05, 3.63) is 24.0 Å². The van der Waals surface area contributed by atoms with E-state index in [0.717, 1.165) is 17.6 Å². The number of pyridine rings is 1. The van der Waals surface area contributed by atoms with E-state index in [1.54, 1.807) is 0 Å². The minimum Gasteiger partial charge on any atom is -0.488 e. The Hall–Kier alpha value is -2.04. The Kier molecular flexibility index (Phi) is 1.50. The standard InChI is InChI=1S/C10H8N2O3/c13-10(14)6-5-11-7-1-2-12-3-4-15-9(6)8(7)12/h1-2,5H,3-4H2,(H,13,14). The van der Waals surface area contributed by atoms with E-state index in [1.165, 1.54) is 6.20 Å². The summed E-state index contributed by atoms with van der Waals surface area (Å²) in [6, 6.07) is 1.86. The summed E-state index contributed by atoms with van der Waals surface area (Å²) in [5.74, 6) is -0.571. The average molecular weight is 204 g/mol. The molecule has 0 aromatic carbocycles. The van der Waals surface area contributed by atoms with Gasteiger partial charge in [0.2, 0.25) is 0 Å². The normalized spacial score (nSPS) is 13.9. The lowest BCUT2D eigenvalue weighted by Gasteiger charge is -2.18. The summed E-state index contributed by atoms with van der Waals surface area (Å²) in [5, 5.41) is 8.98. The highest BCUT2D eigenvalue weighted by Gasteiger charge is 2.21. The molecule has 0 saturated carbocycles. The van der Waals surface area contributed by atoms with Crippen LogP contribution in [0.5, 0.6) is 5.75 Å². The second kappa shape index (κ2) is 2.73. The Balaban J connectivity index is 2.42. The number of carbonyl (C=O) groups is 1. The number of hydrogen-bond donors (Lipinski definition) is 1. The van der Waals surface area contributed by atoms with E-state index >= 15 is 0 Å². The number of nitrogens with zero attached hydrogens (tertiary/aromatic N) is 2. The van der Waals surface area contributed by atoms with Gasteiger partial charge in [0.15, 0.2) is 5.75 Å². The SMILES string of the molecule is O=C(O)c1cnc2ccn3c2c1OCC3. The van der Waals surface area contributed by atoms with Crippen molar-refractivity contribution in [2.45, 2.75) is 6.54 Å². The quantitative estimate of drug-likeness (QED) is 0.756. The molecule has 1 aliphatic heterocycles. The average Bonchev–Trinajstić information content (AvgIpc) is 2.64. The van der Waals surface area contributed by atoms with Crippen molar-refractivity contribution in [2.75, 3.05) is 6.61 Å². The van der Waals surface area contributed by atoms with Crippen LogP contribution >= 0.6 is 0 Å². The first-order valence-electron chi connectivity index (χ1n) is 4.61. The minimum atomic E-state index is -1.01. The van der Waals surface area contributed by atoms with Crippen LogP contribution in [-0.2, 0) is 6.54 Å². The molecule has 0 bridgehead atoms.